The zero-order valence-electron chi connectivity index (χ0n) is 16.1. The Bertz CT molecular complexity index is 753. The SMILES string of the molecule is Cc1ccccc1S(=O)(=O)N1CCC2(CC1)COC(CN1CCOCC1)C2. The molecule has 27 heavy (non-hydrogen) atoms. The second-order valence-electron chi connectivity index (χ2n) is 8.22. The number of hydrogen-bond donors (Lipinski definition) is 0. The molecular weight excluding hydrogens is 364 g/mol. The van der Waals surface area contributed by atoms with Gasteiger partial charge in [-0.05, 0) is 43.2 Å². The van der Waals surface area contributed by atoms with E-state index in [2.05, 4.69) is 4.90 Å². The third-order valence-corrected chi connectivity index (χ3v) is 8.40. The normalized spacial score (nSPS) is 27.2. The highest BCUT2D eigenvalue weighted by Gasteiger charge is 2.44. The summed E-state index contributed by atoms with van der Waals surface area (Å²) >= 11 is 0. The van der Waals surface area contributed by atoms with Crippen LogP contribution < -0.4 is 0 Å². The van der Waals surface area contributed by atoms with Crippen LogP contribution in [0.1, 0.15) is 24.8 Å². The molecule has 7 heteroatoms. The number of hydrogen-bond acceptors (Lipinski definition) is 5. The molecule has 0 saturated carbocycles. The minimum Gasteiger partial charge on any atom is -0.379 e. The van der Waals surface area contributed by atoms with E-state index in [0.717, 1.165) is 64.3 Å². The molecule has 0 bridgehead atoms. The summed E-state index contributed by atoms with van der Waals surface area (Å²) in [4.78, 5) is 2.86. The number of morpholine rings is 1. The summed E-state index contributed by atoms with van der Waals surface area (Å²) in [6.45, 7) is 8.35. The number of benzene rings is 1. The van der Waals surface area contributed by atoms with Gasteiger partial charge in [-0.1, -0.05) is 18.2 Å². The van der Waals surface area contributed by atoms with Crippen LogP contribution in [0.4, 0.5) is 0 Å². The Morgan fingerprint density at radius 2 is 1.81 bits per heavy atom. The summed E-state index contributed by atoms with van der Waals surface area (Å²) in [5, 5.41) is 0. The monoisotopic (exact) mass is 394 g/mol. The molecular formula is C20H30N2O4S. The van der Waals surface area contributed by atoms with Crippen molar-refractivity contribution in [3.63, 3.8) is 0 Å². The standard InChI is InChI=1S/C20H30N2O4S/c1-17-4-2-3-5-19(17)27(23,24)22-8-6-20(7-9-22)14-18(26-16-20)15-21-10-12-25-13-11-21/h2-5,18H,6-16H2,1H3. The van der Waals surface area contributed by atoms with Crippen LogP contribution in [0.5, 0.6) is 0 Å². The van der Waals surface area contributed by atoms with Crippen LogP contribution in [0.2, 0.25) is 0 Å². The largest absolute Gasteiger partial charge is 0.379 e. The van der Waals surface area contributed by atoms with Crippen molar-refractivity contribution in [1.82, 2.24) is 9.21 Å². The molecule has 3 aliphatic rings. The number of nitrogens with zero attached hydrogens (tertiary/aromatic N) is 2. The van der Waals surface area contributed by atoms with Gasteiger partial charge in [-0.2, -0.15) is 4.31 Å². The van der Waals surface area contributed by atoms with Crippen molar-refractivity contribution in [1.29, 1.82) is 0 Å². The van der Waals surface area contributed by atoms with E-state index in [9.17, 15) is 8.42 Å². The molecule has 3 aliphatic heterocycles. The Balaban J connectivity index is 1.35. The predicted octanol–water partition coefficient (Wildman–Crippen LogP) is 1.89. The third kappa shape index (κ3) is 4.07. The van der Waals surface area contributed by atoms with Gasteiger partial charge in [-0.15, -0.1) is 0 Å². The van der Waals surface area contributed by atoms with Gasteiger partial charge in [0, 0.05) is 32.7 Å². The predicted molar refractivity (Wildman–Crippen MR) is 103 cm³/mol. The molecule has 3 fully saturated rings. The van der Waals surface area contributed by atoms with E-state index in [1.165, 1.54) is 0 Å². The van der Waals surface area contributed by atoms with Crippen LogP contribution in [0.15, 0.2) is 29.2 Å². The molecule has 1 atom stereocenters. The molecule has 0 N–H and O–H groups in total. The van der Waals surface area contributed by atoms with Crippen molar-refractivity contribution in [2.24, 2.45) is 5.41 Å². The number of sulfonamides is 1. The van der Waals surface area contributed by atoms with E-state index in [4.69, 9.17) is 9.47 Å². The zero-order valence-corrected chi connectivity index (χ0v) is 16.9. The molecule has 3 saturated heterocycles. The highest BCUT2D eigenvalue weighted by molar-refractivity contribution is 7.89. The van der Waals surface area contributed by atoms with E-state index in [0.29, 0.717) is 18.0 Å². The summed E-state index contributed by atoms with van der Waals surface area (Å²) in [5.41, 5.74) is 0.960. The van der Waals surface area contributed by atoms with Gasteiger partial charge in [-0.25, -0.2) is 8.42 Å². The molecule has 150 valence electrons. The minimum atomic E-state index is -3.40. The lowest BCUT2D eigenvalue weighted by molar-refractivity contribution is 0.00567. The lowest BCUT2D eigenvalue weighted by Crippen LogP contribution is -2.44. The Labute approximate surface area is 162 Å². The van der Waals surface area contributed by atoms with Crippen LogP contribution >= 0.6 is 0 Å². The van der Waals surface area contributed by atoms with Crippen LogP contribution in [0, 0.1) is 12.3 Å². The fraction of sp³-hybridized carbons (Fsp3) is 0.700. The summed E-state index contributed by atoms with van der Waals surface area (Å²) in [6.07, 6.45) is 3.08. The number of ether oxygens (including phenoxy) is 2. The van der Waals surface area contributed by atoms with E-state index in [1.807, 2.05) is 19.1 Å². The Morgan fingerprint density at radius 1 is 1.11 bits per heavy atom. The maximum absolute atomic E-state index is 13.0. The van der Waals surface area contributed by atoms with Crippen LogP contribution in [0.25, 0.3) is 0 Å². The first-order valence-electron chi connectivity index (χ1n) is 9.96. The molecule has 1 aromatic carbocycles. The molecule has 4 rings (SSSR count). The smallest absolute Gasteiger partial charge is 0.243 e. The third-order valence-electron chi connectivity index (χ3n) is 6.35. The molecule has 0 amide bonds. The molecule has 1 spiro atoms. The first kappa shape index (κ1) is 19.3. The molecule has 1 unspecified atom stereocenters. The molecule has 0 aliphatic carbocycles. The van der Waals surface area contributed by atoms with Crippen molar-refractivity contribution in [3.05, 3.63) is 29.8 Å². The maximum atomic E-state index is 13.0. The van der Waals surface area contributed by atoms with Gasteiger partial charge in [0.2, 0.25) is 10.0 Å². The number of piperidine rings is 1. The lowest BCUT2D eigenvalue weighted by Gasteiger charge is -2.38. The fourth-order valence-electron chi connectivity index (χ4n) is 4.62. The van der Waals surface area contributed by atoms with E-state index in [1.54, 1.807) is 16.4 Å². The summed E-state index contributed by atoms with van der Waals surface area (Å²) in [7, 11) is -3.40. The molecule has 0 radical (unpaired) electrons. The van der Waals surface area contributed by atoms with Gasteiger partial charge in [0.1, 0.15) is 0 Å². The summed E-state index contributed by atoms with van der Waals surface area (Å²) in [5.74, 6) is 0. The van der Waals surface area contributed by atoms with Crippen LogP contribution in [-0.4, -0.2) is 76.3 Å². The van der Waals surface area contributed by atoms with Gasteiger partial charge in [0.15, 0.2) is 0 Å². The highest BCUT2D eigenvalue weighted by Crippen LogP contribution is 2.43. The summed E-state index contributed by atoms with van der Waals surface area (Å²) in [6, 6.07) is 7.25. The van der Waals surface area contributed by atoms with Gasteiger partial charge in [0.25, 0.3) is 0 Å². The molecule has 1 aromatic rings. The van der Waals surface area contributed by atoms with Gasteiger partial charge < -0.3 is 9.47 Å². The van der Waals surface area contributed by atoms with Crippen LogP contribution in [-0.2, 0) is 19.5 Å². The zero-order chi connectivity index (χ0) is 18.9. The van der Waals surface area contributed by atoms with Crippen molar-refractivity contribution >= 4 is 10.0 Å². The lowest BCUT2D eigenvalue weighted by atomic mass is 9.77. The number of aryl methyl sites for hydroxylation is 1. The number of rotatable bonds is 4. The Morgan fingerprint density at radius 3 is 2.52 bits per heavy atom. The average Bonchev–Trinajstić information content (AvgIpc) is 3.05. The minimum absolute atomic E-state index is 0.148. The van der Waals surface area contributed by atoms with Crippen molar-refractivity contribution in [2.75, 3.05) is 52.5 Å². The Hall–Kier alpha value is -0.990. The van der Waals surface area contributed by atoms with E-state index >= 15 is 0 Å². The second kappa shape index (κ2) is 7.79. The topological polar surface area (TPSA) is 59.1 Å². The van der Waals surface area contributed by atoms with Crippen LogP contribution in [0.3, 0.4) is 0 Å². The van der Waals surface area contributed by atoms with Crippen molar-refractivity contribution < 1.29 is 17.9 Å². The molecule has 0 aromatic heterocycles. The van der Waals surface area contributed by atoms with E-state index in [-0.39, 0.29) is 11.5 Å². The average molecular weight is 395 g/mol. The quantitative estimate of drug-likeness (QED) is 0.781. The van der Waals surface area contributed by atoms with Crippen molar-refractivity contribution in [2.45, 2.75) is 37.2 Å². The molecule has 6 nitrogen and oxygen atoms in total. The first-order chi connectivity index (χ1) is 13.0. The maximum Gasteiger partial charge on any atom is 0.243 e. The molecule has 3 heterocycles. The Kier molecular flexibility index (Phi) is 5.58. The van der Waals surface area contributed by atoms with E-state index < -0.39 is 10.0 Å². The first-order valence-corrected chi connectivity index (χ1v) is 11.4. The van der Waals surface area contributed by atoms with Crippen molar-refractivity contribution in [3.8, 4) is 0 Å². The van der Waals surface area contributed by atoms with Gasteiger partial charge >= 0.3 is 0 Å². The second-order valence-corrected chi connectivity index (χ2v) is 10.1. The fourth-order valence-corrected chi connectivity index (χ4v) is 6.29. The van der Waals surface area contributed by atoms with Gasteiger partial charge in [0.05, 0.1) is 30.8 Å². The highest BCUT2D eigenvalue weighted by atomic mass is 32.2. The summed E-state index contributed by atoms with van der Waals surface area (Å²) < 4.78 is 39.2. The van der Waals surface area contributed by atoms with Gasteiger partial charge in [-0.3, -0.25) is 4.90 Å².